The van der Waals surface area contributed by atoms with E-state index in [-0.39, 0.29) is 42.0 Å². The molecule has 1 aromatic carbocycles. The number of hydrogen-bond donors (Lipinski definition) is 2. The van der Waals surface area contributed by atoms with Crippen LogP contribution in [0.25, 0.3) is 16.8 Å². The molecule has 3 N–H and O–H groups in total. The van der Waals surface area contributed by atoms with E-state index >= 15 is 8.78 Å². The van der Waals surface area contributed by atoms with E-state index in [1.165, 1.54) is 19.2 Å². The topological polar surface area (TPSA) is 120 Å². The maximum Gasteiger partial charge on any atom is 0.407 e. The normalized spacial score (nSPS) is 19.0. The van der Waals surface area contributed by atoms with Gasteiger partial charge in [-0.25, -0.2) is 23.1 Å². The third-order valence-electron chi connectivity index (χ3n) is 7.45. The standard InChI is InChI=1S/C30H35F2N7O3/c1-17(2)42-16-19-9-22(31)28(23(32)10-19)25-6-5-21-13-35-27(39(21)37-25)11-20-12-34-8-7-26(20)38-14-18(3)29(24(33)15-38)36-30(40)41-4/h5-10,12-13,17-18,24,29H,11,14-16,33H2,1-4H3,(H,36,40)/t18-,24+,29-/m0/s1. The quantitative estimate of drug-likeness (QED) is 0.320. The van der Waals surface area contributed by atoms with E-state index in [0.717, 1.165) is 11.3 Å². The number of amides is 1. The second-order valence-electron chi connectivity index (χ2n) is 10.9. The van der Waals surface area contributed by atoms with Crippen LogP contribution in [0, 0.1) is 17.6 Å². The van der Waals surface area contributed by atoms with Gasteiger partial charge in [-0.1, -0.05) is 6.92 Å². The van der Waals surface area contributed by atoms with Crippen molar-refractivity contribution in [3.05, 3.63) is 77.5 Å². The molecule has 12 heteroatoms. The second-order valence-corrected chi connectivity index (χ2v) is 10.9. The first-order valence-electron chi connectivity index (χ1n) is 13.9. The molecule has 1 amide bonds. The number of carbonyl (C=O) groups excluding carboxylic acids is 1. The summed E-state index contributed by atoms with van der Waals surface area (Å²) in [5.41, 5.74) is 9.35. The molecule has 0 spiro atoms. The zero-order valence-corrected chi connectivity index (χ0v) is 24.1. The van der Waals surface area contributed by atoms with Crippen molar-refractivity contribution in [2.24, 2.45) is 11.7 Å². The van der Waals surface area contributed by atoms with E-state index in [9.17, 15) is 4.79 Å². The fraction of sp³-hybridized carbons (Fsp3) is 0.400. The zero-order chi connectivity index (χ0) is 30.0. The van der Waals surface area contributed by atoms with Gasteiger partial charge >= 0.3 is 6.09 Å². The lowest BCUT2D eigenvalue weighted by Gasteiger charge is -2.42. The average molecular weight is 580 g/mol. The van der Waals surface area contributed by atoms with Crippen LogP contribution in [-0.4, -0.2) is 64.1 Å². The lowest BCUT2D eigenvalue weighted by Crippen LogP contribution is -2.62. The monoisotopic (exact) mass is 579 g/mol. The summed E-state index contributed by atoms with van der Waals surface area (Å²) >= 11 is 0. The number of alkyl carbamates (subject to hydrolysis) is 1. The number of piperidine rings is 1. The van der Waals surface area contributed by atoms with Gasteiger partial charge in [-0.15, -0.1) is 0 Å². The molecule has 1 aliphatic heterocycles. The molecule has 1 aliphatic rings. The van der Waals surface area contributed by atoms with Crippen molar-refractivity contribution in [1.82, 2.24) is 24.9 Å². The molecule has 4 aromatic rings. The fourth-order valence-electron chi connectivity index (χ4n) is 5.41. The molecule has 1 fully saturated rings. The molecular formula is C30H35F2N7O3. The van der Waals surface area contributed by atoms with Crippen LogP contribution in [0.5, 0.6) is 0 Å². The van der Waals surface area contributed by atoms with Crippen molar-refractivity contribution >= 4 is 17.3 Å². The number of benzene rings is 1. The summed E-state index contributed by atoms with van der Waals surface area (Å²) in [6.07, 6.45) is 4.96. The summed E-state index contributed by atoms with van der Waals surface area (Å²) < 4.78 is 42.1. The Morgan fingerprint density at radius 3 is 2.62 bits per heavy atom. The first-order valence-corrected chi connectivity index (χ1v) is 13.9. The number of methoxy groups -OCH3 is 1. The predicted molar refractivity (Wildman–Crippen MR) is 154 cm³/mol. The van der Waals surface area contributed by atoms with Crippen LogP contribution in [0.15, 0.2) is 48.9 Å². The number of ether oxygens (including phenoxy) is 2. The molecule has 3 atom stereocenters. The summed E-state index contributed by atoms with van der Waals surface area (Å²) in [7, 11) is 1.33. The lowest BCUT2D eigenvalue weighted by molar-refractivity contribution is 0.0654. The van der Waals surface area contributed by atoms with Gasteiger partial charge in [-0.2, -0.15) is 5.10 Å². The van der Waals surface area contributed by atoms with Gasteiger partial charge in [0.15, 0.2) is 0 Å². The van der Waals surface area contributed by atoms with Crippen molar-refractivity contribution in [2.45, 2.75) is 52.0 Å². The first-order chi connectivity index (χ1) is 20.1. The van der Waals surface area contributed by atoms with Gasteiger partial charge in [-0.05, 0) is 55.7 Å². The molecule has 42 heavy (non-hydrogen) atoms. The number of hydrogen-bond acceptors (Lipinski definition) is 8. The molecule has 0 unspecified atom stereocenters. The molecule has 4 heterocycles. The molecule has 0 saturated carbocycles. The van der Waals surface area contributed by atoms with E-state index in [2.05, 4.69) is 25.3 Å². The lowest BCUT2D eigenvalue weighted by atomic mass is 9.89. The van der Waals surface area contributed by atoms with Crippen molar-refractivity contribution in [3.63, 3.8) is 0 Å². The van der Waals surface area contributed by atoms with Crippen LogP contribution in [0.2, 0.25) is 0 Å². The summed E-state index contributed by atoms with van der Waals surface area (Å²) in [6.45, 7) is 7.03. The maximum absolute atomic E-state index is 15.1. The van der Waals surface area contributed by atoms with Gasteiger partial charge in [0, 0.05) is 49.2 Å². The summed E-state index contributed by atoms with van der Waals surface area (Å²) in [4.78, 5) is 22.9. The highest BCUT2D eigenvalue weighted by Crippen LogP contribution is 2.29. The molecule has 0 bridgehead atoms. The molecule has 0 radical (unpaired) electrons. The van der Waals surface area contributed by atoms with Gasteiger partial charge in [-0.3, -0.25) is 4.98 Å². The third-order valence-corrected chi connectivity index (χ3v) is 7.45. The molecule has 10 nitrogen and oxygen atoms in total. The molecule has 3 aromatic heterocycles. The van der Waals surface area contributed by atoms with Gasteiger partial charge in [0.25, 0.3) is 0 Å². The number of fused-ring (bicyclic) bond motifs is 1. The number of aromatic nitrogens is 4. The Bertz CT molecular complexity index is 1540. The van der Waals surface area contributed by atoms with Crippen LogP contribution in [0.3, 0.4) is 0 Å². The number of imidazole rings is 1. The zero-order valence-electron chi connectivity index (χ0n) is 24.1. The van der Waals surface area contributed by atoms with Gasteiger partial charge < -0.3 is 25.4 Å². The number of halogens is 2. The Labute approximate surface area is 242 Å². The van der Waals surface area contributed by atoms with Crippen LogP contribution >= 0.6 is 0 Å². The molecule has 5 rings (SSSR count). The number of anilines is 1. The van der Waals surface area contributed by atoms with Gasteiger partial charge in [0.2, 0.25) is 0 Å². The summed E-state index contributed by atoms with van der Waals surface area (Å²) in [5, 5.41) is 7.42. The van der Waals surface area contributed by atoms with Gasteiger partial charge in [0.1, 0.15) is 17.5 Å². The predicted octanol–water partition coefficient (Wildman–Crippen LogP) is 4.09. The van der Waals surface area contributed by atoms with Crippen molar-refractivity contribution < 1.29 is 23.0 Å². The van der Waals surface area contributed by atoms with E-state index in [4.69, 9.17) is 15.2 Å². The van der Waals surface area contributed by atoms with Crippen LogP contribution in [-0.2, 0) is 22.5 Å². The third kappa shape index (κ3) is 6.19. The van der Waals surface area contributed by atoms with Crippen LogP contribution in [0.1, 0.15) is 37.7 Å². The van der Waals surface area contributed by atoms with E-state index in [0.29, 0.717) is 36.4 Å². The van der Waals surface area contributed by atoms with Crippen molar-refractivity contribution in [3.8, 4) is 11.3 Å². The number of nitrogens with two attached hydrogens (primary N) is 1. The fourth-order valence-corrected chi connectivity index (χ4v) is 5.41. The Hall–Kier alpha value is -4.16. The Morgan fingerprint density at radius 1 is 1.17 bits per heavy atom. The van der Waals surface area contributed by atoms with Crippen LogP contribution < -0.4 is 16.0 Å². The minimum absolute atomic E-state index is 0.0541. The highest BCUT2D eigenvalue weighted by Gasteiger charge is 2.34. The SMILES string of the molecule is COC(=O)N[C@@H]1[C@H](N)CN(c2ccncc2Cc2ncc3ccc(-c4c(F)cc(COC(C)C)cc4F)nn23)C[C@@H]1C. The Kier molecular flexibility index (Phi) is 8.64. The maximum atomic E-state index is 15.1. The highest BCUT2D eigenvalue weighted by atomic mass is 19.1. The summed E-state index contributed by atoms with van der Waals surface area (Å²) in [5.74, 6) is -0.783. The smallest absolute Gasteiger partial charge is 0.407 e. The van der Waals surface area contributed by atoms with E-state index in [1.54, 1.807) is 35.2 Å². The number of carbonyl (C=O) groups is 1. The van der Waals surface area contributed by atoms with E-state index < -0.39 is 17.7 Å². The molecule has 222 valence electrons. The number of pyridine rings is 1. The Morgan fingerprint density at radius 2 is 1.93 bits per heavy atom. The minimum Gasteiger partial charge on any atom is -0.453 e. The van der Waals surface area contributed by atoms with E-state index in [1.807, 2.05) is 26.8 Å². The minimum atomic E-state index is -0.712. The first kappa shape index (κ1) is 29.3. The molecule has 1 saturated heterocycles. The largest absolute Gasteiger partial charge is 0.453 e. The number of rotatable bonds is 8. The second kappa shape index (κ2) is 12.4. The van der Waals surface area contributed by atoms with Crippen LogP contribution in [0.4, 0.5) is 19.3 Å². The average Bonchev–Trinajstić information content (AvgIpc) is 3.35. The highest BCUT2D eigenvalue weighted by molar-refractivity contribution is 5.68. The number of nitrogens with zero attached hydrogens (tertiary/aromatic N) is 5. The number of nitrogens with one attached hydrogen (secondary N) is 1. The Balaban J connectivity index is 1.41. The van der Waals surface area contributed by atoms with Crippen molar-refractivity contribution in [1.29, 1.82) is 0 Å². The summed E-state index contributed by atoms with van der Waals surface area (Å²) in [6, 6.07) is 7.24. The van der Waals surface area contributed by atoms with Crippen molar-refractivity contribution in [2.75, 3.05) is 25.1 Å². The molecular weight excluding hydrogens is 544 g/mol. The van der Waals surface area contributed by atoms with Gasteiger partial charge in [0.05, 0.1) is 48.8 Å². The molecule has 0 aliphatic carbocycles.